The fraction of sp³-hybridized carbons (Fsp3) is 0.389. The summed E-state index contributed by atoms with van der Waals surface area (Å²) in [4.78, 5) is 37.6. The summed E-state index contributed by atoms with van der Waals surface area (Å²) in [7, 11) is 0. The van der Waals surface area contributed by atoms with Crippen LogP contribution >= 0.6 is 0 Å². The molecule has 1 aliphatic rings. The van der Waals surface area contributed by atoms with Crippen molar-refractivity contribution in [3.8, 4) is 0 Å². The molecule has 4 unspecified atom stereocenters. The van der Waals surface area contributed by atoms with Crippen LogP contribution in [0.2, 0.25) is 0 Å². The van der Waals surface area contributed by atoms with E-state index in [0.717, 1.165) is 4.57 Å². The van der Waals surface area contributed by atoms with Crippen molar-refractivity contribution >= 4 is 5.97 Å². The summed E-state index contributed by atoms with van der Waals surface area (Å²) in [5.74, 6) is -0.494. The van der Waals surface area contributed by atoms with Crippen molar-refractivity contribution in [2.75, 3.05) is 0 Å². The molecule has 8 nitrogen and oxygen atoms in total. The largest absolute Gasteiger partial charge is 0.456 e. The van der Waals surface area contributed by atoms with Gasteiger partial charge in [-0.3, -0.25) is 14.3 Å². The van der Waals surface area contributed by atoms with Gasteiger partial charge in [-0.1, -0.05) is 18.2 Å². The van der Waals surface area contributed by atoms with Crippen LogP contribution in [0.5, 0.6) is 0 Å². The van der Waals surface area contributed by atoms with Crippen molar-refractivity contribution in [3.63, 3.8) is 0 Å². The minimum atomic E-state index is -1.38. The van der Waals surface area contributed by atoms with Crippen LogP contribution in [-0.4, -0.2) is 38.9 Å². The Hall–Kier alpha value is -2.71. The van der Waals surface area contributed by atoms with Gasteiger partial charge in [-0.25, -0.2) is 9.59 Å². The number of rotatable bonds is 4. The van der Waals surface area contributed by atoms with Gasteiger partial charge < -0.3 is 14.6 Å². The molecule has 8 heteroatoms. The van der Waals surface area contributed by atoms with E-state index in [9.17, 15) is 19.5 Å². The molecule has 1 aromatic carbocycles. The van der Waals surface area contributed by atoms with Crippen molar-refractivity contribution in [2.24, 2.45) is 0 Å². The number of H-pyrrole nitrogens is 1. The number of aromatic nitrogens is 2. The van der Waals surface area contributed by atoms with Crippen LogP contribution in [0.3, 0.4) is 0 Å². The first-order valence-electron chi connectivity index (χ1n) is 8.25. The summed E-state index contributed by atoms with van der Waals surface area (Å²) in [6.45, 7) is 3.21. The Labute approximate surface area is 149 Å². The molecule has 0 amide bonds. The van der Waals surface area contributed by atoms with Crippen molar-refractivity contribution in [2.45, 2.75) is 44.3 Å². The Bertz CT molecular complexity index is 906. The van der Waals surface area contributed by atoms with E-state index in [-0.39, 0.29) is 6.42 Å². The van der Waals surface area contributed by atoms with Crippen LogP contribution < -0.4 is 11.2 Å². The third-order valence-corrected chi connectivity index (χ3v) is 4.59. The number of hydrogen-bond acceptors (Lipinski definition) is 6. The third-order valence-electron chi connectivity index (χ3n) is 4.59. The summed E-state index contributed by atoms with van der Waals surface area (Å²) in [6.07, 6.45) is -0.827. The van der Waals surface area contributed by atoms with Gasteiger partial charge in [0.2, 0.25) is 0 Å². The first kappa shape index (κ1) is 18.1. The molecule has 2 aromatic rings. The molecule has 0 aliphatic carbocycles. The smallest absolute Gasteiger partial charge is 0.338 e. The highest BCUT2D eigenvalue weighted by Crippen LogP contribution is 2.35. The molecule has 4 atom stereocenters. The number of nitrogens with one attached hydrogen (secondary N) is 1. The molecular weight excluding hydrogens is 340 g/mol. The van der Waals surface area contributed by atoms with Gasteiger partial charge in [0, 0.05) is 18.7 Å². The highest BCUT2D eigenvalue weighted by molar-refractivity contribution is 5.89. The second-order valence-electron chi connectivity index (χ2n) is 6.42. The number of hydrogen-bond donors (Lipinski definition) is 2. The number of carbonyl (C=O) groups is 1. The Morgan fingerprint density at radius 3 is 2.69 bits per heavy atom. The molecule has 0 saturated carbocycles. The van der Waals surface area contributed by atoms with Crippen LogP contribution in [0.4, 0.5) is 0 Å². The van der Waals surface area contributed by atoms with Crippen LogP contribution in [0.25, 0.3) is 0 Å². The van der Waals surface area contributed by atoms with Crippen molar-refractivity contribution in [1.82, 2.24) is 9.55 Å². The zero-order chi connectivity index (χ0) is 18.9. The van der Waals surface area contributed by atoms with E-state index in [1.165, 1.54) is 12.3 Å². The molecule has 3 rings (SSSR count). The topological polar surface area (TPSA) is 111 Å². The van der Waals surface area contributed by atoms with Gasteiger partial charge in [-0.05, 0) is 26.0 Å². The molecule has 0 bridgehead atoms. The number of ether oxygens (including phenoxy) is 2. The van der Waals surface area contributed by atoms with Crippen LogP contribution in [0.15, 0.2) is 52.2 Å². The van der Waals surface area contributed by atoms with E-state index in [0.29, 0.717) is 5.56 Å². The normalized spacial score (nSPS) is 26.4. The summed E-state index contributed by atoms with van der Waals surface area (Å²) in [5.41, 5.74) is -2.19. The lowest BCUT2D eigenvalue weighted by Gasteiger charge is -2.30. The molecule has 1 aliphatic heterocycles. The summed E-state index contributed by atoms with van der Waals surface area (Å²) in [5, 5.41) is 10.4. The number of aliphatic hydroxyl groups excluding tert-OH is 1. The lowest BCUT2D eigenvalue weighted by atomic mass is 10.0. The maximum atomic E-state index is 12.2. The first-order valence-corrected chi connectivity index (χ1v) is 8.25. The summed E-state index contributed by atoms with van der Waals surface area (Å²) in [6, 6.07) is 9.72. The Morgan fingerprint density at radius 1 is 1.35 bits per heavy atom. The van der Waals surface area contributed by atoms with Crippen molar-refractivity contribution in [3.05, 3.63) is 69.0 Å². The maximum absolute atomic E-state index is 12.2. The summed E-state index contributed by atoms with van der Waals surface area (Å²) >= 11 is 0. The minimum Gasteiger partial charge on any atom is -0.456 e. The van der Waals surface area contributed by atoms with Gasteiger partial charge in [-0.15, -0.1) is 0 Å². The number of carbonyl (C=O) groups excluding carboxylic acids is 1. The SMILES string of the molecule is CC(OC(=O)c1ccccc1)C1CC(O)C(C)(n2ccc(=O)[nH]c2=O)O1. The average molecular weight is 360 g/mol. The highest BCUT2D eigenvalue weighted by Gasteiger charge is 2.48. The predicted octanol–water partition coefficient (Wildman–Crippen LogP) is 0.605. The molecule has 1 fully saturated rings. The predicted molar refractivity (Wildman–Crippen MR) is 91.8 cm³/mol. The Balaban J connectivity index is 1.76. The highest BCUT2D eigenvalue weighted by atomic mass is 16.6. The van der Waals surface area contributed by atoms with Crippen LogP contribution in [0, 0.1) is 0 Å². The molecule has 2 heterocycles. The van der Waals surface area contributed by atoms with E-state index in [1.54, 1.807) is 44.2 Å². The molecule has 0 radical (unpaired) electrons. The lowest BCUT2D eigenvalue weighted by molar-refractivity contribution is -0.149. The van der Waals surface area contributed by atoms with E-state index in [2.05, 4.69) is 4.98 Å². The van der Waals surface area contributed by atoms with E-state index in [4.69, 9.17) is 9.47 Å². The Morgan fingerprint density at radius 2 is 2.04 bits per heavy atom. The molecule has 26 heavy (non-hydrogen) atoms. The Kier molecular flexibility index (Phi) is 4.80. The van der Waals surface area contributed by atoms with Gasteiger partial charge in [0.1, 0.15) is 12.2 Å². The monoisotopic (exact) mass is 360 g/mol. The minimum absolute atomic E-state index is 0.172. The zero-order valence-corrected chi connectivity index (χ0v) is 14.4. The summed E-state index contributed by atoms with van der Waals surface area (Å²) < 4.78 is 12.4. The molecular formula is C18H20N2O6. The second-order valence-corrected chi connectivity index (χ2v) is 6.42. The van der Waals surface area contributed by atoms with E-state index in [1.807, 2.05) is 0 Å². The molecule has 2 N–H and O–H groups in total. The quantitative estimate of drug-likeness (QED) is 0.773. The molecule has 1 saturated heterocycles. The lowest BCUT2D eigenvalue weighted by Crippen LogP contribution is -2.47. The fourth-order valence-electron chi connectivity index (χ4n) is 3.03. The van der Waals surface area contributed by atoms with Crippen molar-refractivity contribution < 1.29 is 19.4 Å². The zero-order valence-electron chi connectivity index (χ0n) is 14.4. The van der Waals surface area contributed by atoms with Gasteiger partial charge in [0.25, 0.3) is 5.56 Å². The molecule has 1 aromatic heterocycles. The van der Waals surface area contributed by atoms with Gasteiger partial charge in [0.15, 0.2) is 5.72 Å². The average Bonchev–Trinajstić information content (AvgIpc) is 2.91. The van der Waals surface area contributed by atoms with Crippen LogP contribution in [-0.2, 0) is 15.2 Å². The maximum Gasteiger partial charge on any atom is 0.338 e. The van der Waals surface area contributed by atoms with E-state index < -0.39 is 41.3 Å². The van der Waals surface area contributed by atoms with Crippen molar-refractivity contribution in [1.29, 1.82) is 0 Å². The number of nitrogens with zero attached hydrogens (tertiary/aromatic N) is 1. The number of aliphatic hydroxyl groups is 1. The first-order chi connectivity index (χ1) is 12.3. The molecule has 0 spiro atoms. The van der Waals surface area contributed by atoms with E-state index >= 15 is 0 Å². The van der Waals surface area contributed by atoms with Crippen LogP contribution in [0.1, 0.15) is 30.6 Å². The van der Waals surface area contributed by atoms with Gasteiger partial charge in [-0.2, -0.15) is 0 Å². The van der Waals surface area contributed by atoms with Gasteiger partial charge >= 0.3 is 11.7 Å². The third kappa shape index (κ3) is 3.33. The fourth-order valence-corrected chi connectivity index (χ4v) is 3.03. The standard InChI is InChI=1S/C18H20N2O6/c1-11(25-16(23)12-6-4-3-5-7-12)13-10-14(21)18(2,26-13)20-9-8-15(22)19-17(20)24/h3-9,11,13-14,21H,10H2,1-2H3,(H,19,22,24). The number of benzene rings is 1. The second kappa shape index (κ2) is 6.89. The van der Waals surface area contributed by atoms with Gasteiger partial charge in [0.05, 0.1) is 11.7 Å². The number of aromatic amines is 1. The number of esters is 1. The molecule has 138 valence electrons.